The van der Waals surface area contributed by atoms with E-state index in [2.05, 4.69) is 15.9 Å². The van der Waals surface area contributed by atoms with E-state index in [4.69, 9.17) is 15.2 Å². The Bertz CT molecular complexity index is 314. The Balaban J connectivity index is 2.55. The molecule has 0 fully saturated rings. The molecule has 0 saturated heterocycles. The predicted molar refractivity (Wildman–Crippen MR) is 48.2 cm³/mol. The van der Waals surface area contributed by atoms with Crippen molar-refractivity contribution < 1.29 is 9.47 Å². The van der Waals surface area contributed by atoms with Crippen LogP contribution in [-0.2, 0) is 6.54 Å². The summed E-state index contributed by atoms with van der Waals surface area (Å²) >= 11 is 3.37. The van der Waals surface area contributed by atoms with Crippen molar-refractivity contribution in [2.75, 3.05) is 6.79 Å². The van der Waals surface area contributed by atoms with Gasteiger partial charge in [0, 0.05) is 16.6 Å². The van der Waals surface area contributed by atoms with E-state index in [0.29, 0.717) is 13.3 Å². The molecular weight excluding hydrogens is 222 g/mol. The van der Waals surface area contributed by atoms with E-state index < -0.39 is 0 Å². The monoisotopic (exact) mass is 229 g/mol. The lowest BCUT2D eigenvalue weighted by molar-refractivity contribution is 0.173. The van der Waals surface area contributed by atoms with Crippen LogP contribution in [0, 0.1) is 0 Å². The number of nitrogens with two attached hydrogens (primary N) is 1. The Morgan fingerprint density at radius 2 is 2.25 bits per heavy atom. The summed E-state index contributed by atoms with van der Waals surface area (Å²) in [4.78, 5) is 0. The molecule has 12 heavy (non-hydrogen) atoms. The van der Waals surface area contributed by atoms with Gasteiger partial charge in [-0.3, -0.25) is 0 Å². The van der Waals surface area contributed by atoms with Crippen LogP contribution >= 0.6 is 15.9 Å². The average molecular weight is 230 g/mol. The van der Waals surface area contributed by atoms with Crippen LogP contribution in [0.15, 0.2) is 16.6 Å². The molecule has 64 valence electrons. The second kappa shape index (κ2) is 2.95. The largest absolute Gasteiger partial charge is 0.454 e. The van der Waals surface area contributed by atoms with Crippen molar-refractivity contribution in [3.05, 3.63) is 22.2 Å². The molecule has 1 aliphatic rings. The van der Waals surface area contributed by atoms with Crippen LogP contribution in [0.2, 0.25) is 0 Å². The topological polar surface area (TPSA) is 44.5 Å². The number of fused-ring (bicyclic) bond motifs is 1. The molecule has 1 aromatic carbocycles. The van der Waals surface area contributed by atoms with Crippen LogP contribution in [0.3, 0.4) is 0 Å². The van der Waals surface area contributed by atoms with Gasteiger partial charge in [-0.25, -0.2) is 0 Å². The Morgan fingerprint density at radius 1 is 1.42 bits per heavy atom. The van der Waals surface area contributed by atoms with E-state index in [1.54, 1.807) is 0 Å². The van der Waals surface area contributed by atoms with Gasteiger partial charge in [-0.05, 0) is 12.1 Å². The normalized spacial score (nSPS) is 13.5. The summed E-state index contributed by atoms with van der Waals surface area (Å²) in [5.41, 5.74) is 6.50. The first-order valence-electron chi connectivity index (χ1n) is 3.59. The van der Waals surface area contributed by atoms with Gasteiger partial charge in [-0.2, -0.15) is 0 Å². The van der Waals surface area contributed by atoms with E-state index in [-0.39, 0.29) is 0 Å². The van der Waals surface area contributed by atoms with Gasteiger partial charge in [0.1, 0.15) is 0 Å². The fourth-order valence-electron chi connectivity index (χ4n) is 1.20. The highest BCUT2D eigenvalue weighted by Crippen LogP contribution is 2.37. The number of rotatable bonds is 1. The van der Waals surface area contributed by atoms with Crippen LogP contribution in [0.1, 0.15) is 5.56 Å². The Labute approximate surface area is 78.6 Å². The molecule has 1 heterocycles. The number of ether oxygens (including phenoxy) is 2. The summed E-state index contributed by atoms with van der Waals surface area (Å²) in [6.45, 7) is 0.754. The third-order valence-electron chi connectivity index (χ3n) is 1.73. The van der Waals surface area contributed by atoms with Gasteiger partial charge in [-0.15, -0.1) is 0 Å². The van der Waals surface area contributed by atoms with Gasteiger partial charge in [0.2, 0.25) is 6.79 Å². The molecule has 0 unspecified atom stereocenters. The van der Waals surface area contributed by atoms with Gasteiger partial charge in [0.15, 0.2) is 11.5 Å². The summed E-state index contributed by atoms with van der Waals surface area (Å²) in [7, 11) is 0. The van der Waals surface area contributed by atoms with E-state index in [1.807, 2.05) is 12.1 Å². The number of benzene rings is 1. The predicted octanol–water partition coefficient (Wildman–Crippen LogP) is 1.64. The van der Waals surface area contributed by atoms with Crippen LogP contribution in [0.5, 0.6) is 11.5 Å². The van der Waals surface area contributed by atoms with Gasteiger partial charge < -0.3 is 15.2 Å². The third-order valence-corrected chi connectivity index (χ3v) is 2.19. The maximum Gasteiger partial charge on any atom is 0.231 e. The van der Waals surface area contributed by atoms with E-state index in [9.17, 15) is 0 Å². The summed E-state index contributed by atoms with van der Waals surface area (Å²) in [5, 5.41) is 0. The first kappa shape index (κ1) is 7.89. The summed E-state index contributed by atoms with van der Waals surface area (Å²) in [6, 6.07) is 3.81. The molecule has 2 N–H and O–H groups in total. The Kier molecular flexibility index (Phi) is 1.94. The summed E-state index contributed by atoms with van der Waals surface area (Å²) in [5.74, 6) is 1.55. The van der Waals surface area contributed by atoms with Crippen LogP contribution in [-0.4, -0.2) is 6.79 Å². The summed E-state index contributed by atoms with van der Waals surface area (Å²) in [6.07, 6.45) is 0. The minimum atomic E-state index is 0.290. The van der Waals surface area contributed by atoms with Crippen molar-refractivity contribution in [1.82, 2.24) is 0 Å². The molecule has 4 heteroatoms. The highest BCUT2D eigenvalue weighted by molar-refractivity contribution is 9.10. The molecule has 0 amide bonds. The lowest BCUT2D eigenvalue weighted by Gasteiger charge is -2.03. The molecule has 0 saturated carbocycles. The molecule has 0 bridgehead atoms. The van der Waals surface area contributed by atoms with Gasteiger partial charge >= 0.3 is 0 Å². The average Bonchev–Trinajstić information content (AvgIpc) is 2.50. The standard InChI is InChI=1S/C8H8BrNO2/c9-6-1-5(3-10)8-7(2-6)11-4-12-8/h1-2H,3-4,10H2. The Morgan fingerprint density at radius 3 is 3.00 bits per heavy atom. The molecule has 0 atom stereocenters. The SMILES string of the molecule is NCc1cc(Br)cc2c1OCO2. The minimum absolute atomic E-state index is 0.290. The fraction of sp³-hybridized carbons (Fsp3) is 0.250. The van der Waals surface area contributed by atoms with Crippen LogP contribution in [0.4, 0.5) is 0 Å². The second-order valence-corrected chi connectivity index (χ2v) is 3.42. The lowest BCUT2D eigenvalue weighted by Crippen LogP contribution is -1.99. The van der Waals surface area contributed by atoms with Crippen molar-refractivity contribution in [2.24, 2.45) is 5.73 Å². The first-order chi connectivity index (χ1) is 5.81. The molecule has 0 spiro atoms. The van der Waals surface area contributed by atoms with Gasteiger partial charge in [-0.1, -0.05) is 15.9 Å². The maximum atomic E-state index is 5.54. The van der Waals surface area contributed by atoms with Crippen LogP contribution in [0.25, 0.3) is 0 Å². The van der Waals surface area contributed by atoms with E-state index >= 15 is 0 Å². The van der Waals surface area contributed by atoms with E-state index in [0.717, 1.165) is 21.5 Å². The molecule has 1 aromatic rings. The Hall–Kier alpha value is -0.740. The number of hydrogen-bond donors (Lipinski definition) is 1. The zero-order valence-electron chi connectivity index (χ0n) is 6.34. The van der Waals surface area contributed by atoms with Gasteiger partial charge in [0.05, 0.1) is 0 Å². The van der Waals surface area contributed by atoms with Crippen molar-refractivity contribution >= 4 is 15.9 Å². The van der Waals surface area contributed by atoms with Crippen molar-refractivity contribution in [3.63, 3.8) is 0 Å². The van der Waals surface area contributed by atoms with Crippen molar-refractivity contribution in [3.8, 4) is 11.5 Å². The highest BCUT2D eigenvalue weighted by atomic mass is 79.9. The number of hydrogen-bond acceptors (Lipinski definition) is 3. The molecule has 0 radical (unpaired) electrons. The third kappa shape index (κ3) is 1.17. The van der Waals surface area contributed by atoms with E-state index in [1.165, 1.54) is 0 Å². The molecule has 0 aliphatic carbocycles. The highest BCUT2D eigenvalue weighted by Gasteiger charge is 2.17. The summed E-state index contributed by atoms with van der Waals surface area (Å²) < 4.78 is 11.4. The molecule has 3 nitrogen and oxygen atoms in total. The number of halogens is 1. The first-order valence-corrected chi connectivity index (χ1v) is 4.38. The molecule has 1 aliphatic heterocycles. The van der Waals surface area contributed by atoms with Crippen molar-refractivity contribution in [1.29, 1.82) is 0 Å². The molecule has 2 rings (SSSR count). The minimum Gasteiger partial charge on any atom is -0.454 e. The van der Waals surface area contributed by atoms with Crippen molar-refractivity contribution in [2.45, 2.75) is 6.54 Å². The lowest BCUT2D eigenvalue weighted by atomic mass is 10.2. The maximum absolute atomic E-state index is 5.54. The zero-order valence-corrected chi connectivity index (χ0v) is 7.93. The fourth-order valence-corrected chi connectivity index (χ4v) is 1.68. The second-order valence-electron chi connectivity index (χ2n) is 2.50. The molecule has 0 aromatic heterocycles. The van der Waals surface area contributed by atoms with Gasteiger partial charge in [0.25, 0.3) is 0 Å². The molecular formula is C8H8BrNO2. The smallest absolute Gasteiger partial charge is 0.231 e. The quantitative estimate of drug-likeness (QED) is 0.797. The van der Waals surface area contributed by atoms with Crippen LogP contribution < -0.4 is 15.2 Å². The zero-order chi connectivity index (χ0) is 8.55.